The molecule has 0 radical (unpaired) electrons. The predicted molar refractivity (Wildman–Crippen MR) is 99.2 cm³/mol. The van der Waals surface area contributed by atoms with Gasteiger partial charge in [-0.15, -0.1) is 0 Å². The Morgan fingerprint density at radius 1 is 0.833 bits per heavy atom. The molecule has 0 saturated carbocycles. The number of rotatable bonds is 1. The average Bonchev–Trinajstić information content (AvgIpc) is 3.05. The van der Waals surface area contributed by atoms with Crippen LogP contribution in [0.25, 0.3) is 33.0 Å². The molecule has 0 spiro atoms. The van der Waals surface area contributed by atoms with Crippen molar-refractivity contribution in [1.82, 2.24) is 0 Å². The summed E-state index contributed by atoms with van der Waals surface area (Å²) >= 11 is 0. The van der Waals surface area contributed by atoms with Gasteiger partial charge in [0.1, 0.15) is 5.60 Å². The van der Waals surface area contributed by atoms with Crippen LogP contribution in [0.5, 0.6) is 0 Å². The van der Waals surface area contributed by atoms with Crippen LogP contribution < -0.4 is 5.46 Å². The van der Waals surface area contributed by atoms with Crippen molar-refractivity contribution in [1.29, 1.82) is 0 Å². The van der Waals surface area contributed by atoms with Crippen molar-refractivity contribution in [2.75, 3.05) is 0 Å². The van der Waals surface area contributed by atoms with E-state index in [-0.39, 0.29) is 0 Å². The summed E-state index contributed by atoms with van der Waals surface area (Å²) in [7, 11) is -0.402. The lowest BCUT2D eigenvalue weighted by molar-refractivity contribution is 0.173. The van der Waals surface area contributed by atoms with Crippen molar-refractivity contribution in [3.05, 3.63) is 66.9 Å². The molecule has 1 aliphatic heterocycles. The van der Waals surface area contributed by atoms with Gasteiger partial charge in [0.15, 0.2) is 0 Å². The summed E-state index contributed by atoms with van der Waals surface area (Å²) in [6, 6.07) is 19.4. The third-order valence-corrected chi connectivity index (χ3v) is 5.16. The first kappa shape index (κ1) is 13.9. The Balaban J connectivity index is 1.76. The fourth-order valence-electron chi connectivity index (χ4n) is 3.79. The molecule has 24 heavy (non-hydrogen) atoms. The molecule has 0 bridgehead atoms. The third kappa shape index (κ3) is 1.71. The van der Waals surface area contributed by atoms with Crippen LogP contribution in [0.2, 0.25) is 0 Å². The van der Waals surface area contributed by atoms with Gasteiger partial charge in [0.25, 0.3) is 0 Å². The van der Waals surface area contributed by atoms with Gasteiger partial charge in [0.05, 0.1) is 5.76 Å². The Labute approximate surface area is 141 Å². The maximum absolute atomic E-state index is 6.11. The van der Waals surface area contributed by atoms with E-state index in [1.807, 2.05) is 13.8 Å². The van der Waals surface area contributed by atoms with Gasteiger partial charge >= 0.3 is 7.12 Å². The van der Waals surface area contributed by atoms with Crippen LogP contribution in [0.1, 0.15) is 13.8 Å². The van der Waals surface area contributed by atoms with Gasteiger partial charge in [-0.1, -0.05) is 61.2 Å². The lowest BCUT2D eigenvalue weighted by Crippen LogP contribution is -2.35. The molecule has 3 heteroatoms. The standard InChI is InChI=1S/C21H17BO2/c1-13-21(2,3)24-22(23-13)19-12-11-17-15-8-5-4-7-14(15)16-9-6-10-18(19)20(16)17/h4-12H,1H2,2-3H3. The van der Waals surface area contributed by atoms with Crippen LogP contribution in [-0.4, -0.2) is 12.7 Å². The minimum absolute atomic E-state index is 0.402. The minimum atomic E-state index is -0.462. The first-order valence-corrected chi connectivity index (χ1v) is 8.25. The van der Waals surface area contributed by atoms with E-state index < -0.39 is 12.7 Å². The molecular formula is C21H17BO2. The molecule has 2 aliphatic rings. The van der Waals surface area contributed by atoms with Crippen LogP contribution in [-0.2, 0) is 9.31 Å². The van der Waals surface area contributed by atoms with E-state index >= 15 is 0 Å². The Morgan fingerprint density at radius 3 is 2.17 bits per heavy atom. The second-order valence-electron chi connectivity index (χ2n) is 6.98. The van der Waals surface area contributed by atoms with Crippen molar-refractivity contribution < 1.29 is 9.31 Å². The molecule has 1 fully saturated rings. The van der Waals surface area contributed by atoms with Gasteiger partial charge in [-0.3, -0.25) is 0 Å². The van der Waals surface area contributed by atoms with E-state index in [4.69, 9.17) is 9.31 Å². The monoisotopic (exact) mass is 312 g/mol. The van der Waals surface area contributed by atoms with E-state index in [2.05, 4.69) is 61.2 Å². The van der Waals surface area contributed by atoms with Crippen LogP contribution >= 0.6 is 0 Å². The van der Waals surface area contributed by atoms with Crippen molar-refractivity contribution in [3.8, 4) is 22.3 Å². The summed E-state index contributed by atoms with van der Waals surface area (Å²) in [5.41, 5.74) is 5.78. The van der Waals surface area contributed by atoms with Crippen LogP contribution in [0.4, 0.5) is 0 Å². The van der Waals surface area contributed by atoms with Gasteiger partial charge in [0, 0.05) is 5.46 Å². The Kier molecular flexibility index (Phi) is 2.61. The molecule has 5 rings (SSSR count). The van der Waals surface area contributed by atoms with Crippen molar-refractivity contribution in [2.45, 2.75) is 19.4 Å². The highest BCUT2D eigenvalue weighted by molar-refractivity contribution is 6.65. The Bertz CT molecular complexity index is 990. The largest absolute Gasteiger partial charge is 0.563 e. The van der Waals surface area contributed by atoms with E-state index in [1.165, 1.54) is 33.0 Å². The lowest BCUT2D eigenvalue weighted by Gasteiger charge is -2.16. The van der Waals surface area contributed by atoms with Crippen molar-refractivity contribution in [2.24, 2.45) is 0 Å². The number of benzene rings is 3. The quantitative estimate of drug-likeness (QED) is 0.481. The molecule has 0 unspecified atom stereocenters. The van der Waals surface area contributed by atoms with E-state index in [9.17, 15) is 0 Å². The van der Waals surface area contributed by atoms with Gasteiger partial charge in [-0.05, 0) is 46.9 Å². The van der Waals surface area contributed by atoms with Crippen LogP contribution in [0, 0.1) is 0 Å². The SMILES string of the molecule is C=C1OB(c2ccc3c4c(cccc24)-c2ccccc2-3)OC1(C)C. The van der Waals surface area contributed by atoms with Crippen molar-refractivity contribution >= 4 is 23.4 Å². The van der Waals surface area contributed by atoms with E-state index in [1.54, 1.807) is 0 Å². The molecular weight excluding hydrogens is 295 g/mol. The number of hydrogen-bond acceptors (Lipinski definition) is 2. The highest BCUT2D eigenvalue weighted by atomic mass is 16.7. The maximum Gasteiger partial charge on any atom is 0.563 e. The first-order chi connectivity index (χ1) is 11.6. The molecule has 0 N–H and O–H groups in total. The molecule has 2 nitrogen and oxygen atoms in total. The van der Waals surface area contributed by atoms with E-state index in [0.29, 0.717) is 5.76 Å². The van der Waals surface area contributed by atoms with Crippen LogP contribution in [0.15, 0.2) is 66.9 Å². The summed E-state index contributed by atoms with van der Waals surface area (Å²) in [6.07, 6.45) is 0. The van der Waals surface area contributed by atoms with Crippen molar-refractivity contribution in [3.63, 3.8) is 0 Å². The average molecular weight is 312 g/mol. The van der Waals surface area contributed by atoms with Gasteiger partial charge in [-0.25, -0.2) is 0 Å². The van der Waals surface area contributed by atoms with E-state index in [0.717, 1.165) is 5.46 Å². The Morgan fingerprint density at radius 2 is 1.50 bits per heavy atom. The second kappa shape index (κ2) is 4.52. The van der Waals surface area contributed by atoms with Gasteiger partial charge in [0.2, 0.25) is 0 Å². The minimum Gasteiger partial charge on any atom is -0.534 e. The molecule has 0 aromatic heterocycles. The number of fused-ring (bicyclic) bond motifs is 3. The second-order valence-corrected chi connectivity index (χ2v) is 6.98. The van der Waals surface area contributed by atoms with Gasteiger partial charge in [-0.2, -0.15) is 0 Å². The molecule has 3 aromatic carbocycles. The summed E-state index contributed by atoms with van der Waals surface area (Å²) in [6.45, 7) is 7.98. The molecule has 3 aromatic rings. The third-order valence-electron chi connectivity index (χ3n) is 5.16. The molecule has 1 heterocycles. The fraction of sp³-hybridized carbons (Fsp3) is 0.143. The summed E-state index contributed by atoms with van der Waals surface area (Å²) in [5.74, 6) is 0.680. The zero-order chi connectivity index (χ0) is 16.5. The van der Waals surface area contributed by atoms with Crippen LogP contribution in [0.3, 0.4) is 0 Å². The molecule has 116 valence electrons. The Hall–Kier alpha value is -2.52. The number of hydrogen-bond donors (Lipinski definition) is 0. The smallest absolute Gasteiger partial charge is 0.534 e. The molecule has 0 amide bonds. The lowest BCUT2D eigenvalue weighted by atomic mass is 9.75. The summed E-state index contributed by atoms with van der Waals surface area (Å²) in [5, 5.41) is 2.48. The predicted octanol–water partition coefficient (Wildman–Crippen LogP) is 4.52. The highest BCUT2D eigenvalue weighted by Gasteiger charge is 2.43. The normalized spacial score (nSPS) is 17.2. The summed E-state index contributed by atoms with van der Waals surface area (Å²) in [4.78, 5) is 0. The van der Waals surface area contributed by atoms with Gasteiger partial charge < -0.3 is 9.31 Å². The first-order valence-electron chi connectivity index (χ1n) is 8.25. The molecule has 0 atom stereocenters. The molecule has 1 aliphatic carbocycles. The highest BCUT2D eigenvalue weighted by Crippen LogP contribution is 2.46. The fourth-order valence-corrected chi connectivity index (χ4v) is 3.79. The maximum atomic E-state index is 6.11. The zero-order valence-electron chi connectivity index (χ0n) is 13.8. The topological polar surface area (TPSA) is 18.5 Å². The zero-order valence-corrected chi connectivity index (χ0v) is 13.8. The summed E-state index contributed by atoms with van der Waals surface area (Å²) < 4.78 is 12.0. The molecule has 1 saturated heterocycles.